The highest BCUT2D eigenvalue weighted by Crippen LogP contribution is 2.51. The summed E-state index contributed by atoms with van der Waals surface area (Å²) >= 11 is 0. The van der Waals surface area contributed by atoms with Gasteiger partial charge in [0.2, 0.25) is 0 Å². The van der Waals surface area contributed by atoms with Gasteiger partial charge in [-0.15, -0.1) is 0 Å². The van der Waals surface area contributed by atoms with Crippen LogP contribution in [0.15, 0.2) is 60.7 Å². The topological polar surface area (TPSA) is 57.6 Å². The van der Waals surface area contributed by atoms with Gasteiger partial charge in [0, 0.05) is 17.7 Å². The predicted molar refractivity (Wildman–Crippen MR) is 125 cm³/mol. The van der Waals surface area contributed by atoms with Crippen molar-refractivity contribution in [2.24, 2.45) is 0 Å². The Bertz CT molecular complexity index is 1390. The van der Waals surface area contributed by atoms with Crippen molar-refractivity contribution in [2.45, 2.75) is 49.9 Å². The Balaban J connectivity index is 1.62. The van der Waals surface area contributed by atoms with E-state index in [9.17, 15) is 36.6 Å². The maximum Gasteiger partial charge on any atom is 0.419 e. The molecular formula is C28H22F5NO3. The summed E-state index contributed by atoms with van der Waals surface area (Å²) in [7, 11) is 0. The normalized spacial score (nSPS) is 18.8. The Hall–Kier alpha value is -3.75. The van der Waals surface area contributed by atoms with Crippen LogP contribution in [0.4, 0.5) is 22.0 Å². The molecule has 9 heteroatoms. The summed E-state index contributed by atoms with van der Waals surface area (Å²) in [4.78, 5) is 27.9. The summed E-state index contributed by atoms with van der Waals surface area (Å²) in [6, 6.07) is 13.1. The van der Waals surface area contributed by atoms with Crippen LogP contribution in [-0.4, -0.2) is 27.4 Å². The first kappa shape index (κ1) is 24.9. The first-order valence-corrected chi connectivity index (χ1v) is 11.8. The number of halogens is 5. The number of hydrogen-bond acceptors (Lipinski definition) is 2. The zero-order valence-electron chi connectivity index (χ0n) is 19.5. The maximum atomic E-state index is 14.5. The van der Waals surface area contributed by atoms with Gasteiger partial charge in [0.15, 0.2) is 0 Å². The Labute approximate surface area is 209 Å². The lowest BCUT2D eigenvalue weighted by Crippen LogP contribution is -2.58. The molecule has 1 aliphatic carbocycles. The van der Waals surface area contributed by atoms with Crippen molar-refractivity contribution in [1.29, 1.82) is 0 Å². The van der Waals surface area contributed by atoms with E-state index in [1.165, 1.54) is 29.2 Å². The number of rotatable bonds is 4. The number of carbonyl (C=O) groups excluding carboxylic acids is 1. The molecule has 3 aromatic carbocycles. The molecule has 3 aromatic rings. The van der Waals surface area contributed by atoms with E-state index in [-0.39, 0.29) is 28.8 Å². The van der Waals surface area contributed by atoms with Gasteiger partial charge in [0.1, 0.15) is 17.6 Å². The van der Waals surface area contributed by atoms with Crippen LogP contribution in [0.3, 0.4) is 0 Å². The summed E-state index contributed by atoms with van der Waals surface area (Å²) in [5, 5.41) is 10.4. The van der Waals surface area contributed by atoms with Crippen molar-refractivity contribution in [3.8, 4) is 11.1 Å². The van der Waals surface area contributed by atoms with Crippen molar-refractivity contribution in [1.82, 2.24) is 4.90 Å². The summed E-state index contributed by atoms with van der Waals surface area (Å²) in [5.41, 5.74) is -1.34. The number of carboxylic acids is 1. The smallest absolute Gasteiger partial charge is 0.419 e. The van der Waals surface area contributed by atoms with Gasteiger partial charge in [-0.3, -0.25) is 9.59 Å². The lowest BCUT2D eigenvalue weighted by atomic mass is 9.71. The number of carboxylic acid groups (broad SMARTS) is 1. The Morgan fingerprint density at radius 1 is 0.946 bits per heavy atom. The fourth-order valence-electron chi connectivity index (χ4n) is 5.86. The van der Waals surface area contributed by atoms with Gasteiger partial charge in [-0.2, -0.15) is 13.2 Å². The molecule has 1 saturated carbocycles. The largest absolute Gasteiger partial charge is 0.481 e. The van der Waals surface area contributed by atoms with Crippen LogP contribution in [0, 0.1) is 11.6 Å². The van der Waals surface area contributed by atoms with Gasteiger partial charge < -0.3 is 10.0 Å². The van der Waals surface area contributed by atoms with Crippen LogP contribution in [0.2, 0.25) is 0 Å². The standard InChI is InChI=1S/C28H22F5NO3/c29-22-6-2-1-5-18(22)17-8-9-19-20(14-17)24(26(36)37)27(11-3-4-12-27)34(25(19)35)15-16-7-10-21(23(30)13-16)28(31,32)33/h1-2,5-10,13-14,24H,3-4,11-12,15H2,(H,36,37). The zero-order chi connectivity index (χ0) is 26.5. The number of hydrogen-bond donors (Lipinski definition) is 1. The minimum Gasteiger partial charge on any atom is -0.481 e. The molecule has 1 unspecified atom stereocenters. The third kappa shape index (κ3) is 4.16. The molecular weight excluding hydrogens is 493 g/mol. The van der Waals surface area contributed by atoms with Crippen LogP contribution in [0.25, 0.3) is 11.1 Å². The number of carbonyl (C=O) groups is 2. The van der Waals surface area contributed by atoms with Gasteiger partial charge >= 0.3 is 12.1 Å². The van der Waals surface area contributed by atoms with E-state index in [4.69, 9.17) is 0 Å². The average molecular weight is 515 g/mol. The lowest BCUT2D eigenvalue weighted by molar-refractivity contribution is -0.143. The fourth-order valence-corrected chi connectivity index (χ4v) is 5.86. The van der Waals surface area contributed by atoms with Crippen LogP contribution in [0.5, 0.6) is 0 Å². The molecule has 1 atom stereocenters. The molecule has 1 aliphatic heterocycles. The molecule has 1 heterocycles. The molecule has 0 bridgehead atoms. The number of nitrogens with zero attached hydrogens (tertiary/aromatic N) is 1. The highest BCUT2D eigenvalue weighted by Gasteiger charge is 2.56. The van der Waals surface area contributed by atoms with Crippen LogP contribution in [0.1, 0.15) is 58.6 Å². The zero-order valence-corrected chi connectivity index (χ0v) is 19.5. The monoisotopic (exact) mass is 515 g/mol. The van der Waals surface area contributed by atoms with Gasteiger partial charge in [-0.05, 0) is 59.9 Å². The van der Waals surface area contributed by atoms with E-state index in [0.29, 0.717) is 37.3 Å². The fraction of sp³-hybridized carbons (Fsp3) is 0.286. The Morgan fingerprint density at radius 3 is 2.27 bits per heavy atom. The molecule has 1 spiro atoms. The maximum absolute atomic E-state index is 14.5. The summed E-state index contributed by atoms with van der Waals surface area (Å²) in [6.07, 6.45) is -2.83. The first-order valence-electron chi connectivity index (χ1n) is 11.8. The summed E-state index contributed by atoms with van der Waals surface area (Å²) < 4.78 is 67.9. The van der Waals surface area contributed by atoms with E-state index < -0.39 is 46.7 Å². The molecule has 1 N–H and O–H groups in total. The Morgan fingerprint density at radius 2 is 1.65 bits per heavy atom. The molecule has 4 nitrogen and oxygen atoms in total. The van der Waals surface area contributed by atoms with Gasteiger partial charge in [-0.25, -0.2) is 8.78 Å². The number of alkyl halides is 3. The quantitative estimate of drug-likeness (QED) is 0.390. The molecule has 1 fully saturated rings. The molecule has 5 rings (SSSR count). The van der Waals surface area contributed by atoms with Crippen LogP contribution >= 0.6 is 0 Å². The lowest BCUT2D eigenvalue weighted by Gasteiger charge is -2.49. The van der Waals surface area contributed by atoms with Gasteiger partial charge in [0.25, 0.3) is 5.91 Å². The van der Waals surface area contributed by atoms with E-state index in [1.807, 2.05) is 0 Å². The van der Waals surface area contributed by atoms with Crippen molar-refractivity contribution in [3.05, 3.63) is 94.6 Å². The second-order valence-corrected chi connectivity index (χ2v) is 9.57. The molecule has 2 aliphatic rings. The number of aliphatic carboxylic acids is 1. The van der Waals surface area contributed by atoms with Crippen molar-refractivity contribution < 1.29 is 36.6 Å². The van der Waals surface area contributed by atoms with Crippen molar-refractivity contribution in [2.75, 3.05) is 0 Å². The highest BCUT2D eigenvalue weighted by atomic mass is 19.4. The van der Waals surface area contributed by atoms with Gasteiger partial charge in [-0.1, -0.05) is 43.2 Å². The van der Waals surface area contributed by atoms with Crippen molar-refractivity contribution in [3.63, 3.8) is 0 Å². The minimum absolute atomic E-state index is 0.123. The predicted octanol–water partition coefficient (Wildman–Crippen LogP) is 6.79. The average Bonchev–Trinajstić information content (AvgIpc) is 3.30. The highest BCUT2D eigenvalue weighted by molar-refractivity contribution is 6.01. The minimum atomic E-state index is -4.86. The van der Waals surface area contributed by atoms with Crippen LogP contribution < -0.4 is 0 Å². The first-order chi connectivity index (χ1) is 17.5. The second-order valence-electron chi connectivity index (χ2n) is 9.57. The molecule has 0 aromatic heterocycles. The number of fused-ring (bicyclic) bond motifs is 1. The Kier molecular flexibility index (Phi) is 6.04. The van der Waals surface area contributed by atoms with E-state index in [1.54, 1.807) is 18.2 Å². The third-order valence-electron chi connectivity index (χ3n) is 7.49. The van der Waals surface area contributed by atoms with E-state index >= 15 is 0 Å². The van der Waals surface area contributed by atoms with E-state index in [2.05, 4.69) is 0 Å². The molecule has 192 valence electrons. The third-order valence-corrected chi connectivity index (χ3v) is 7.49. The summed E-state index contributed by atoms with van der Waals surface area (Å²) in [5.74, 6) is -4.74. The molecule has 0 radical (unpaired) electrons. The molecule has 37 heavy (non-hydrogen) atoms. The molecule has 1 amide bonds. The number of benzene rings is 3. The van der Waals surface area contributed by atoms with Gasteiger partial charge in [0.05, 0.1) is 11.1 Å². The SMILES string of the molecule is O=C(O)C1c2cc(-c3ccccc3F)ccc2C(=O)N(Cc2ccc(C(F)(F)F)c(F)c2)C12CCCC2. The number of amides is 1. The van der Waals surface area contributed by atoms with Crippen LogP contribution in [-0.2, 0) is 17.5 Å². The van der Waals surface area contributed by atoms with Crippen molar-refractivity contribution >= 4 is 11.9 Å². The van der Waals surface area contributed by atoms with E-state index in [0.717, 1.165) is 12.1 Å². The second kappa shape index (κ2) is 8.97. The summed E-state index contributed by atoms with van der Waals surface area (Å²) in [6.45, 7) is -0.244. The molecule has 0 saturated heterocycles.